The molecule has 0 unspecified atom stereocenters. The van der Waals surface area contributed by atoms with E-state index in [9.17, 15) is 0 Å². The Morgan fingerprint density at radius 3 is 2.47 bits per heavy atom. The summed E-state index contributed by atoms with van der Waals surface area (Å²) in [4.78, 5) is 0. The van der Waals surface area contributed by atoms with Gasteiger partial charge in [-0.3, -0.25) is 0 Å². The fourth-order valence-corrected chi connectivity index (χ4v) is 3.10. The summed E-state index contributed by atoms with van der Waals surface area (Å²) < 4.78 is 12.4. The van der Waals surface area contributed by atoms with Crippen LogP contribution in [0.2, 0.25) is 0 Å². The van der Waals surface area contributed by atoms with Gasteiger partial charge in [0.25, 0.3) is 0 Å². The highest BCUT2D eigenvalue weighted by Crippen LogP contribution is 2.46. The van der Waals surface area contributed by atoms with Crippen LogP contribution in [0.25, 0.3) is 0 Å². The lowest BCUT2D eigenvalue weighted by molar-refractivity contribution is 0.353. The molecule has 15 heavy (non-hydrogen) atoms. The number of ether oxygens (including phenoxy) is 2. The van der Waals surface area contributed by atoms with E-state index in [4.69, 9.17) is 15.2 Å². The smallest absolute Gasteiger partial charge is 0.137 e. The van der Waals surface area contributed by atoms with Gasteiger partial charge in [-0.2, -0.15) is 0 Å². The molecule has 1 aromatic carbocycles. The summed E-state index contributed by atoms with van der Waals surface area (Å²) in [5.74, 6) is 1.98. The number of nitrogens with two attached hydrogens (primary N) is 1. The molecule has 80 valence electrons. The van der Waals surface area contributed by atoms with Crippen molar-refractivity contribution in [1.29, 1.82) is 0 Å². The third kappa shape index (κ3) is 1.21. The van der Waals surface area contributed by atoms with Crippen molar-refractivity contribution >= 4 is 15.9 Å². The normalized spacial score (nSPS) is 16.9. The average molecular weight is 270 g/mol. The van der Waals surface area contributed by atoms with Crippen molar-refractivity contribution in [2.45, 2.75) is 19.4 Å². The molecule has 0 amide bonds. The first-order valence-corrected chi connectivity index (χ1v) is 5.94. The molecule has 0 radical (unpaired) electrons. The lowest BCUT2D eigenvalue weighted by Gasteiger charge is -2.13. The fraction of sp³-hybridized carbons (Fsp3) is 0.455. The van der Waals surface area contributed by atoms with E-state index in [0.717, 1.165) is 47.6 Å². The molecule has 2 aliphatic rings. The number of fused-ring (bicyclic) bond motifs is 2. The zero-order valence-corrected chi connectivity index (χ0v) is 9.89. The second-order valence-electron chi connectivity index (χ2n) is 3.81. The maximum absolute atomic E-state index is 5.80. The Kier molecular flexibility index (Phi) is 2.14. The van der Waals surface area contributed by atoms with Crippen LogP contribution in [0, 0.1) is 0 Å². The van der Waals surface area contributed by atoms with E-state index in [-0.39, 0.29) is 0 Å². The predicted molar refractivity (Wildman–Crippen MR) is 60.4 cm³/mol. The lowest BCUT2D eigenvalue weighted by atomic mass is 10.00. The van der Waals surface area contributed by atoms with Crippen LogP contribution in [0.1, 0.15) is 16.7 Å². The molecule has 3 rings (SSSR count). The van der Waals surface area contributed by atoms with E-state index in [1.165, 1.54) is 11.1 Å². The Bertz CT molecular complexity index is 396. The summed E-state index contributed by atoms with van der Waals surface area (Å²) in [5, 5.41) is 0. The molecule has 0 aromatic heterocycles. The number of rotatable bonds is 1. The summed E-state index contributed by atoms with van der Waals surface area (Å²) in [6.45, 7) is 2.04. The van der Waals surface area contributed by atoms with Crippen LogP contribution in [-0.2, 0) is 19.4 Å². The van der Waals surface area contributed by atoms with Crippen LogP contribution < -0.4 is 15.2 Å². The first-order chi connectivity index (χ1) is 7.33. The highest BCUT2D eigenvalue weighted by atomic mass is 79.9. The quantitative estimate of drug-likeness (QED) is 0.846. The molecule has 1 aromatic rings. The van der Waals surface area contributed by atoms with Crippen molar-refractivity contribution in [3.63, 3.8) is 0 Å². The Labute approximate surface area is 96.7 Å². The molecule has 2 heterocycles. The van der Waals surface area contributed by atoms with Crippen LogP contribution in [0.3, 0.4) is 0 Å². The van der Waals surface area contributed by atoms with Crippen molar-refractivity contribution in [3.05, 3.63) is 21.2 Å². The van der Waals surface area contributed by atoms with Gasteiger partial charge >= 0.3 is 0 Å². The zero-order valence-electron chi connectivity index (χ0n) is 8.31. The molecule has 0 saturated carbocycles. The van der Waals surface area contributed by atoms with Gasteiger partial charge in [-0.15, -0.1) is 0 Å². The highest BCUT2D eigenvalue weighted by molar-refractivity contribution is 9.10. The first kappa shape index (κ1) is 9.48. The van der Waals surface area contributed by atoms with Gasteiger partial charge in [0.1, 0.15) is 11.5 Å². The molecule has 2 aliphatic heterocycles. The standard InChI is InChI=1S/C11H12BrNO2/c12-9-7-2-4-14-10(7)8(5-13)6-1-3-15-11(6)9/h1-5,13H2. The summed E-state index contributed by atoms with van der Waals surface area (Å²) in [6.07, 6.45) is 1.89. The molecular weight excluding hydrogens is 258 g/mol. The molecule has 4 heteroatoms. The molecule has 0 fully saturated rings. The number of hydrogen-bond acceptors (Lipinski definition) is 3. The molecule has 0 saturated heterocycles. The van der Waals surface area contributed by atoms with E-state index >= 15 is 0 Å². The summed E-state index contributed by atoms with van der Waals surface area (Å²) in [6, 6.07) is 0. The molecular formula is C11H12BrNO2. The second-order valence-corrected chi connectivity index (χ2v) is 4.60. The van der Waals surface area contributed by atoms with E-state index in [1.807, 2.05) is 0 Å². The van der Waals surface area contributed by atoms with E-state index in [2.05, 4.69) is 15.9 Å². The SMILES string of the molecule is NCc1c2c(c(Br)c3c1OCC3)OCC2. The van der Waals surface area contributed by atoms with E-state index in [1.54, 1.807) is 0 Å². The lowest BCUT2D eigenvalue weighted by Crippen LogP contribution is -2.03. The largest absolute Gasteiger partial charge is 0.493 e. The van der Waals surface area contributed by atoms with Gasteiger partial charge in [0, 0.05) is 36.1 Å². The minimum atomic E-state index is 0.529. The molecule has 3 nitrogen and oxygen atoms in total. The van der Waals surface area contributed by atoms with Gasteiger partial charge in [-0.1, -0.05) is 0 Å². The van der Waals surface area contributed by atoms with Crippen LogP contribution in [0.4, 0.5) is 0 Å². The second kappa shape index (κ2) is 3.39. The van der Waals surface area contributed by atoms with Gasteiger partial charge in [0.05, 0.1) is 17.7 Å². The predicted octanol–water partition coefficient (Wildman–Crippen LogP) is 1.78. The van der Waals surface area contributed by atoms with Crippen LogP contribution in [-0.4, -0.2) is 13.2 Å². The van der Waals surface area contributed by atoms with Crippen molar-refractivity contribution in [2.75, 3.05) is 13.2 Å². The van der Waals surface area contributed by atoms with E-state index in [0.29, 0.717) is 6.54 Å². The number of hydrogen-bond donors (Lipinski definition) is 1. The van der Waals surface area contributed by atoms with Gasteiger partial charge < -0.3 is 15.2 Å². The molecule has 0 aliphatic carbocycles. The number of halogens is 1. The average Bonchev–Trinajstić information content (AvgIpc) is 2.85. The van der Waals surface area contributed by atoms with Crippen molar-refractivity contribution in [1.82, 2.24) is 0 Å². The highest BCUT2D eigenvalue weighted by Gasteiger charge is 2.29. The third-order valence-electron chi connectivity index (χ3n) is 3.05. The van der Waals surface area contributed by atoms with Gasteiger partial charge in [-0.25, -0.2) is 0 Å². The van der Waals surface area contributed by atoms with Gasteiger partial charge in [0.15, 0.2) is 0 Å². The van der Waals surface area contributed by atoms with Gasteiger partial charge in [-0.05, 0) is 15.9 Å². The summed E-state index contributed by atoms with van der Waals surface area (Å²) in [7, 11) is 0. The Morgan fingerprint density at radius 1 is 1.07 bits per heavy atom. The van der Waals surface area contributed by atoms with Crippen molar-refractivity contribution < 1.29 is 9.47 Å². The summed E-state index contributed by atoms with van der Waals surface area (Å²) >= 11 is 3.60. The Hall–Kier alpha value is -0.740. The Balaban J connectivity index is 2.31. The molecule has 0 bridgehead atoms. The monoisotopic (exact) mass is 269 g/mol. The van der Waals surface area contributed by atoms with E-state index < -0.39 is 0 Å². The fourth-order valence-electron chi connectivity index (χ4n) is 2.36. The third-order valence-corrected chi connectivity index (χ3v) is 3.89. The number of benzene rings is 1. The topological polar surface area (TPSA) is 44.5 Å². The maximum Gasteiger partial charge on any atom is 0.137 e. The molecule has 0 atom stereocenters. The maximum atomic E-state index is 5.80. The van der Waals surface area contributed by atoms with Crippen LogP contribution in [0.5, 0.6) is 11.5 Å². The van der Waals surface area contributed by atoms with Crippen LogP contribution in [0.15, 0.2) is 4.47 Å². The summed E-state index contributed by atoms with van der Waals surface area (Å²) in [5.41, 5.74) is 9.38. The van der Waals surface area contributed by atoms with Crippen molar-refractivity contribution in [2.24, 2.45) is 5.73 Å². The molecule has 0 spiro atoms. The minimum absolute atomic E-state index is 0.529. The Morgan fingerprint density at radius 2 is 1.73 bits per heavy atom. The van der Waals surface area contributed by atoms with Gasteiger partial charge in [0.2, 0.25) is 0 Å². The first-order valence-electron chi connectivity index (χ1n) is 5.14. The zero-order chi connectivity index (χ0) is 10.4. The minimum Gasteiger partial charge on any atom is -0.493 e. The van der Waals surface area contributed by atoms with Crippen molar-refractivity contribution in [3.8, 4) is 11.5 Å². The molecule has 2 N–H and O–H groups in total. The van der Waals surface area contributed by atoms with Crippen LogP contribution >= 0.6 is 15.9 Å².